The van der Waals surface area contributed by atoms with Crippen molar-refractivity contribution in [2.24, 2.45) is 0 Å². The van der Waals surface area contributed by atoms with E-state index < -0.39 is 0 Å². The Morgan fingerprint density at radius 3 is 2.76 bits per heavy atom. The lowest BCUT2D eigenvalue weighted by molar-refractivity contribution is 0.468. The zero-order valence-electron chi connectivity index (χ0n) is 8.79. The maximum absolute atomic E-state index is 5.63. The van der Waals surface area contributed by atoms with Crippen LogP contribution in [0.3, 0.4) is 0 Å². The number of hydrogen-bond acceptors (Lipinski definition) is 5. The van der Waals surface area contributed by atoms with Crippen molar-refractivity contribution in [2.45, 2.75) is 0 Å². The van der Waals surface area contributed by atoms with Crippen molar-refractivity contribution in [1.82, 2.24) is 19.9 Å². The average molecular weight is 227 g/mol. The minimum Gasteiger partial charge on any atom is -0.437 e. The van der Waals surface area contributed by atoms with Gasteiger partial charge < -0.3 is 15.5 Å². The average Bonchev–Trinajstić information content (AvgIpc) is 2.78. The smallest absolute Gasteiger partial charge is 0.250 e. The van der Waals surface area contributed by atoms with Gasteiger partial charge >= 0.3 is 0 Å². The van der Waals surface area contributed by atoms with Crippen LogP contribution < -0.4 is 10.5 Å². The largest absolute Gasteiger partial charge is 0.437 e. The Kier molecular flexibility index (Phi) is 2.11. The molecule has 0 aliphatic carbocycles. The van der Waals surface area contributed by atoms with E-state index >= 15 is 0 Å². The summed E-state index contributed by atoms with van der Waals surface area (Å²) >= 11 is 0. The van der Waals surface area contributed by atoms with Gasteiger partial charge in [0.25, 0.3) is 5.88 Å². The number of rotatable bonds is 2. The third kappa shape index (κ3) is 1.76. The number of nitrogen functional groups attached to an aromatic ring is 1. The lowest BCUT2D eigenvalue weighted by Gasteiger charge is -2.05. The summed E-state index contributed by atoms with van der Waals surface area (Å²) in [5, 5.41) is 0. The first-order valence-corrected chi connectivity index (χ1v) is 5.02. The van der Waals surface area contributed by atoms with E-state index in [0.717, 1.165) is 0 Å². The van der Waals surface area contributed by atoms with E-state index in [4.69, 9.17) is 10.5 Å². The third-order valence-corrected chi connectivity index (χ3v) is 2.23. The number of aromatic nitrogens is 4. The number of para-hydroxylation sites is 1. The molecule has 17 heavy (non-hydrogen) atoms. The van der Waals surface area contributed by atoms with E-state index in [1.165, 1.54) is 6.33 Å². The Morgan fingerprint density at radius 2 is 1.94 bits per heavy atom. The van der Waals surface area contributed by atoms with Gasteiger partial charge in [-0.1, -0.05) is 18.2 Å². The zero-order chi connectivity index (χ0) is 11.7. The molecule has 0 amide bonds. The number of benzene rings is 1. The highest BCUT2D eigenvalue weighted by Crippen LogP contribution is 2.25. The highest BCUT2D eigenvalue weighted by molar-refractivity contribution is 5.77. The summed E-state index contributed by atoms with van der Waals surface area (Å²) in [6.07, 6.45) is 1.52. The van der Waals surface area contributed by atoms with Crippen LogP contribution in [0.5, 0.6) is 11.6 Å². The monoisotopic (exact) mass is 227 g/mol. The summed E-state index contributed by atoms with van der Waals surface area (Å²) < 4.78 is 5.63. The molecule has 1 aromatic carbocycles. The van der Waals surface area contributed by atoms with Crippen LogP contribution >= 0.6 is 0 Å². The van der Waals surface area contributed by atoms with Gasteiger partial charge in [-0.25, -0.2) is 4.98 Å². The molecule has 6 nitrogen and oxygen atoms in total. The summed E-state index contributed by atoms with van der Waals surface area (Å²) in [5.74, 6) is 1.19. The molecule has 2 heterocycles. The Morgan fingerprint density at radius 1 is 1.12 bits per heavy atom. The summed E-state index contributed by atoms with van der Waals surface area (Å²) in [6, 6.07) is 9.34. The summed E-state index contributed by atoms with van der Waals surface area (Å²) in [5.41, 5.74) is 6.70. The molecule has 0 aliphatic heterocycles. The first kappa shape index (κ1) is 9.59. The van der Waals surface area contributed by atoms with Gasteiger partial charge in [0.1, 0.15) is 11.3 Å². The number of ether oxygens (including phenoxy) is 1. The maximum atomic E-state index is 5.63. The molecule has 3 rings (SSSR count). The van der Waals surface area contributed by atoms with Crippen molar-refractivity contribution < 1.29 is 4.74 Å². The second kappa shape index (κ2) is 3.75. The fourth-order valence-electron chi connectivity index (χ4n) is 1.50. The van der Waals surface area contributed by atoms with Gasteiger partial charge in [-0.3, -0.25) is 0 Å². The van der Waals surface area contributed by atoms with Gasteiger partial charge in [-0.2, -0.15) is 9.97 Å². The summed E-state index contributed by atoms with van der Waals surface area (Å²) in [6.45, 7) is 0. The molecule has 0 radical (unpaired) electrons. The molecule has 0 bridgehead atoms. The highest BCUT2D eigenvalue weighted by atomic mass is 16.5. The molecule has 2 aromatic heterocycles. The van der Waals surface area contributed by atoms with E-state index in [-0.39, 0.29) is 5.95 Å². The van der Waals surface area contributed by atoms with Crippen LogP contribution in [0.4, 0.5) is 5.95 Å². The van der Waals surface area contributed by atoms with Gasteiger partial charge in [0.15, 0.2) is 5.65 Å². The van der Waals surface area contributed by atoms with Gasteiger partial charge in [0.05, 0.1) is 6.33 Å². The quantitative estimate of drug-likeness (QED) is 0.695. The van der Waals surface area contributed by atoms with Gasteiger partial charge in [-0.05, 0) is 12.1 Å². The van der Waals surface area contributed by atoms with Crippen molar-refractivity contribution in [2.75, 3.05) is 5.73 Å². The SMILES string of the molecule is Nc1nc(Oc2ccccc2)c2[nH]cnc2n1. The predicted molar refractivity (Wildman–Crippen MR) is 62.6 cm³/mol. The minimum absolute atomic E-state index is 0.135. The van der Waals surface area contributed by atoms with Gasteiger partial charge in [-0.15, -0.1) is 0 Å². The molecule has 0 saturated heterocycles. The molecule has 0 unspecified atom stereocenters. The molecule has 0 fully saturated rings. The van der Waals surface area contributed by atoms with E-state index in [2.05, 4.69) is 19.9 Å². The van der Waals surface area contributed by atoms with Crippen LogP contribution in [0.2, 0.25) is 0 Å². The molecular formula is C11H9N5O. The first-order chi connectivity index (χ1) is 8.33. The Hall–Kier alpha value is -2.63. The van der Waals surface area contributed by atoms with Crippen molar-refractivity contribution in [3.63, 3.8) is 0 Å². The van der Waals surface area contributed by atoms with Gasteiger partial charge in [0.2, 0.25) is 5.95 Å². The van der Waals surface area contributed by atoms with E-state index in [1.54, 1.807) is 0 Å². The highest BCUT2D eigenvalue weighted by Gasteiger charge is 2.10. The Labute approximate surface area is 96.5 Å². The molecule has 0 atom stereocenters. The van der Waals surface area contributed by atoms with E-state index in [1.807, 2.05) is 30.3 Å². The number of anilines is 1. The minimum atomic E-state index is 0.135. The number of nitrogens with zero attached hydrogens (tertiary/aromatic N) is 3. The number of hydrogen-bond donors (Lipinski definition) is 2. The number of nitrogens with two attached hydrogens (primary N) is 1. The Balaban J connectivity index is 2.08. The summed E-state index contributed by atoms with van der Waals surface area (Å²) in [7, 11) is 0. The molecule has 3 N–H and O–H groups in total. The van der Waals surface area contributed by atoms with Crippen molar-refractivity contribution >= 4 is 17.1 Å². The molecule has 0 spiro atoms. The van der Waals surface area contributed by atoms with Gasteiger partial charge in [0, 0.05) is 0 Å². The van der Waals surface area contributed by atoms with Crippen LogP contribution in [0, 0.1) is 0 Å². The predicted octanol–water partition coefficient (Wildman–Crippen LogP) is 1.73. The fourth-order valence-corrected chi connectivity index (χ4v) is 1.50. The number of aromatic amines is 1. The van der Waals surface area contributed by atoms with Crippen LogP contribution in [0.25, 0.3) is 11.2 Å². The second-order valence-corrected chi connectivity index (χ2v) is 3.40. The summed E-state index contributed by atoms with van der Waals surface area (Å²) in [4.78, 5) is 15.0. The number of imidazole rings is 1. The number of nitrogens with one attached hydrogen (secondary N) is 1. The number of H-pyrrole nitrogens is 1. The van der Waals surface area contributed by atoms with Crippen molar-refractivity contribution in [3.8, 4) is 11.6 Å². The first-order valence-electron chi connectivity index (χ1n) is 5.02. The zero-order valence-corrected chi connectivity index (χ0v) is 8.79. The molecule has 3 aromatic rings. The molecular weight excluding hydrogens is 218 g/mol. The fraction of sp³-hybridized carbons (Fsp3) is 0. The van der Waals surface area contributed by atoms with E-state index in [9.17, 15) is 0 Å². The van der Waals surface area contributed by atoms with Crippen molar-refractivity contribution in [3.05, 3.63) is 36.7 Å². The van der Waals surface area contributed by atoms with Crippen LogP contribution in [0.15, 0.2) is 36.7 Å². The van der Waals surface area contributed by atoms with Crippen LogP contribution in [-0.2, 0) is 0 Å². The molecule has 6 heteroatoms. The standard InChI is InChI=1S/C11H9N5O/c12-11-15-9-8(13-6-14-9)10(16-11)17-7-4-2-1-3-5-7/h1-6H,(H3,12,13,14,15,16). The lowest BCUT2D eigenvalue weighted by atomic mass is 10.3. The third-order valence-electron chi connectivity index (χ3n) is 2.23. The normalized spacial score (nSPS) is 10.6. The number of fused-ring (bicyclic) bond motifs is 1. The van der Waals surface area contributed by atoms with Crippen molar-refractivity contribution in [1.29, 1.82) is 0 Å². The molecule has 0 aliphatic rings. The maximum Gasteiger partial charge on any atom is 0.250 e. The van der Waals surface area contributed by atoms with Crippen LogP contribution in [-0.4, -0.2) is 19.9 Å². The van der Waals surface area contributed by atoms with E-state index in [0.29, 0.717) is 22.8 Å². The molecule has 0 saturated carbocycles. The lowest BCUT2D eigenvalue weighted by Crippen LogP contribution is -1.98. The topological polar surface area (TPSA) is 89.7 Å². The Bertz CT molecular complexity index is 649. The molecule has 84 valence electrons. The second-order valence-electron chi connectivity index (χ2n) is 3.40. The van der Waals surface area contributed by atoms with Crippen LogP contribution in [0.1, 0.15) is 0 Å².